The summed E-state index contributed by atoms with van der Waals surface area (Å²) in [4.78, 5) is 50.7. The lowest BCUT2D eigenvalue weighted by atomic mass is 10.0. The third kappa shape index (κ3) is 8.97. The Morgan fingerprint density at radius 1 is 0.902 bits per heavy atom. The fourth-order valence-electron chi connectivity index (χ4n) is 4.41. The SMILES string of the molecule is COc1ccc(OC)c(CC(=O)N[C@H](C(=O)N[C@@H](CC(=O)O)C(=O)CSCc2cccc3ccccc23)C(C)C)c1. The molecule has 0 unspecified atom stereocenters. The molecule has 3 N–H and O–H groups in total. The maximum Gasteiger partial charge on any atom is 0.305 e. The summed E-state index contributed by atoms with van der Waals surface area (Å²) in [5.74, 6) is -1.36. The second-order valence-electron chi connectivity index (χ2n) is 9.90. The van der Waals surface area contributed by atoms with Gasteiger partial charge < -0.3 is 25.2 Å². The smallest absolute Gasteiger partial charge is 0.305 e. The summed E-state index contributed by atoms with van der Waals surface area (Å²) in [5.41, 5.74) is 1.64. The normalized spacial score (nSPS) is 12.4. The molecule has 0 fully saturated rings. The van der Waals surface area contributed by atoms with Crippen LogP contribution in [0.4, 0.5) is 0 Å². The Morgan fingerprint density at radius 3 is 2.32 bits per heavy atom. The Morgan fingerprint density at radius 2 is 1.63 bits per heavy atom. The van der Waals surface area contributed by atoms with E-state index >= 15 is 0 Å². The fraction of sp³-hybridized carbons (Fsp3) is 0.355. The second kappa shape index (κ2) is 15.1. The summed E-state index contributed by atoms with van der Waals surface area (Å²) < 4.78 is 10.6. The van der Waals surface area contributed by atoms with Crippen molar-refractivity contribution < 1.29 is 33.8 Å². The van der Waals surface area contributed by atoms with E-state index in [0.717, 1.165) is 16.3 Å². The average molecular weight is 581 g/mol. The number of ether oxygens (including phenoxy) is 2. The number of carboxylic acid groups (broad SMARTS) is 1. The van der Waals surface area contributed by atoms with Gasteiger partial charge in [0.15, 0.2) is 5.78 Å². The van der Waals surface area contributed by atoms with Crippen LogP contribution < -0.4 is 20.1 Å². The standard InChI is InChI=1S/C31H36N2O7S/c1-19(2)30(33-28(35)15-22-14-23(39-3)12-13-27(22)40-4)31(38)32-25(16-29(36)37)26(34)18-41-17-21-10-7-9-20-8-5-6-11-24(20)21/h5-14,19,25,30H,15-18H2,1-4H3,(H,32,38)(H,33,35)(H,36,37)/t25-,30-/m0/s1. The molecule has 0 aromatic heterocycles. The predicted octanol–water partition coefficient (Wildman–Crippen LogP) is 4.00. The van der Waals surface area contributed by atoms with Gasteiger partial charge in [-0.3, -0.25) is 19.2 Å². The zero-order valence-electron chi connectivity index (χ0n) is 23.6. The lowest BCUT2D eigenvalue weighted by molar-refractivity contribution is -0.140. The monoisotopic (exact) mass is 580 g/mol. The molecule has 2 atom stereocenters. The van der Waals surface area contributed by atoms with Gasteiger partial charge in [0.1, 0.15) is 17.5 Å². The van der Waals surface area contributed by atoms with Crippen LogP contribution in [-0.4, -0.2) is 60.7 Å². The largest absolute Gasteiger partial charge is 0.497 e. The summed E-state index contributed by atoms with van der Waals surface area (Å²) in [6.07, 6.45) is -0.627. The van der Waals surface area contributed by atoms with E-state index in [9.17, 15) is 24.3 Å². The maximum atomic E-state index is 13.2. The molecular weight excluding hydrogens is 544 g/mol. The third-order valence-corrected chi connectivity index (χ3v) is 7.57. The molecule has 0 saturated carbocycles. The van der Waals surface area contributed by atoms with Gasteiger partial charge in [0, 0.05) is 11.3 Å². The van der Waals surface area contributed by atoms with Crippen molar-refractivity contribution in [2.45, 2.75) is 44.5 Å². The van der Waals surface area contributed by atoms with Gasteiger partial charge >= 0.3 is 5.97 Å². The number of hydrogen-bond donors (Lipinski definition) is 3. The number of aliphatic carboxylic acids is 1. The Balaban J connectivity index is 1.64. The number of carbonyl (C=O) groups excluding carboxylic acids is 3. The number of methoxy groups -OCH3 is 2. The maximum absolute atomic E-state index is 13.2. The first-order valence-electron chi connectivity index (χ1n) is 13.2. The zero-order chi connectivity index (χ0) is 29.9. The predicted molar refractivity (Wildman–Crippen MR) is 159 cm³/mol. The van der Waals surface area contributed by atoms with Gasteiger partial charge in [-0.05, 0) is 40.5 Å². The van der Waals surface area contributed by atoms with Crippen molar-refractivity contribution in [3.8, 4) is 11.5 Å². The van der Waals surface area contributed by atoms with E-state index in [4.69, 9.17) is 9.47 Å². The Hall–Kier alpha value is -4.05. The molecule has 0 spiro atoms. The van der Waals surface area contributed by atoms with E-state index in [1.54, 1.807) is 32.0 Å². The first-order chi connectivity index (χ1) is 19.6. The highest BCUT2D eigenvalue weighted by molar-refractivity contribution is 7.99. The highest BCUT2D eigenvalue weighted by Crippen LogP contribution is 2.25. The van der Waals surface area contributed by atoms with Crippen LogP contribution >= 0.6 is 11.8 Å². The number of rotatable bonds is 15. The molecule has 218 valence electrons. The van der Waals surface area contributed by atoms with Gasteiger partial charge in [0.25, 0.3) is 0 Å². The molecule has 0 aliphatic carbocycles. The number of amides is 2. The van der Waals surface area contributed by atoms with Crippen LogP contribution in [0.1, 0.15) is 31.4 Å². The molecule has 3 rings (SSSR count). The summed E-state index contributed by atoms with van der Waals surface area (Å²) in [6, 6.07) is 16.8. The van der Waals surface area contributed by atoms with Crippen LogP contribution in [-0.2, 0) is 31.4 Å². The Kier molecular flexibility index (Phi) is 11.6. The zero-order valence-corrected chi connectivity index (χ0v) is 24.5. The van der Waals surface area contributed by atoms with Crippen molar-refractivity contribution in [1.82, 2.24) is 10.6 Å². The van der Waals surface area contributed by atoms with Crippen molar-refractivity contribution in [3.05, 3.63) is 71.8 Å². The van der Waals surface area contributed by atoms with Gasteiger partial charge in [-0.25, -0.2) is 0 Å². The van der Waals surface area contributed by atoms with E-state index < -0.39 is 42.1 Å². The summed E-state index contributed by atoms with van der Waals surface area (Å²) in [5, 5.41) is 16.9. The number of benzene rings is 3. The number of fused-ring (bicyclic) bond motifs is 1. The lowest BCUT2D eigenvalue weighted by Gasteiger charge is -2.25. The molecule has 0 heterocycles. The Labute approximate surface area is 244 Å². The molecule has 10 heteroatoms. The van der Waals surface area contributed by atoms with E-state index in [1.807, 2.05) is 42.5 Å². The summed E-state index contributed by atoms with van der Waals surface area (Å²) in [7, 11) is 3.01. The van der Waals surface area contributed by atoms with Crippen molar-refractivity contribution >= 4 is 46.1 Å². The van der Waals surface area contributed by atoms with Crippen LogP contribution in [0.25, 0.3) is 10.8 Å². The van der Waals surface area contributed by atoms with Crippen molar-refractivity contribution in [3.63, 3.8) is 0 Å². The van der Waals surface area contributed by atoms with Gasteiger partial charge in [-0.2, -0.15) is 0 Å². The van der Waals surface area contributed by atoms with Crippen molar-refractivity contribution in [2.24, 2.45) is 5.92 Å². The fourth-order valence-corrected chi connectivity index (χ4v) is 5.39. The number of thioether (sulfide) groups is 1. The number of nitrogens with one attached hydrogen (secondary N) is 2. The highest BCUT2D eigenvalue weighted by Gasteiger charge is 2.30. The van der Waals surface area contributed by atoms with Crippen LogP contribution in [0, 0.1) is 5.92 Å². The number of Topliss-reactive ketones (excluding diaryl/α,β-unsaturated/α-hetero) is 1. The van der Waals surface area contributed by atoms with Crippen molar-refractivity contribution in [2.75, 3.05) is 20.0 Å². The first-order valence-corrected chi connectivity index (χ1v) is 14.4. The van der Waals surface area contributed by atoms with E-state index in [2.05, 4.69) is 10.6 Å². The van der Waals surface area contributed by atoms with E-state index in [-0.39, 0.29) is 18.1 Å². The van der Waals surface area contributed by atoms with Crippen molar-refractivity contribution in [1.29, 1.82) is 0 Å². The highest BCUT2D eigenvalue weighted by atomic mass is 32.2. The van der Waals surface area contributed by atoms with Crippen LogP contribution in [0.3, 0.4) is 0 Å². The molecule has 41 heavy (non-hydrogen) atoms. The average Bonchev–Trinajstić information content (AvgIpc) is 2.95. The minimum atomic E-state index is -1.23. The lowest BCUT2D eigenvalue weighted by Crippen LogP contribution is -2.54. The minimum absolute atomic E-state index is 0.0236. The van der Waals surface area contributed by atoms with Crippen LogP contribution in [0.2, 0.25) is 0 Å². The molecule has 2 amide bonds. The molecule has 3 aromatic rings. The second-order valence-corrected chi connectivity index (χ2v) is 10.9. The molecular formula is C31H36N2O7S. The van der Waals surface area contributed by atoms with Gasteiger partial charge in [-0.1, -0.05) is 56.3 Å². The molecule has 9 nitrogen and oxygen atoms in total. The molecule has 0 aliphatic heterocycles. The molecule has 0 aliphatic rings. The van der Waals surface area contributed by atoms with Crippen LogP contribution in [0.5, 0.6) is 11.5 Å². The topological polar surface area (TPSA) is 131 Å². The van der Waals surface area contributed by atoms with Crippen LogP contribution in [0.15, 0.2) is 60.7 Å². The minimum Gasteiger partial charge on any atom is -0.497 e. The van der Waals surface area contributed by atoms with E-state index in [0.29, 0.717) is 22.8 Å². The number of carbonyl (C=O) groups is 4. The summed E-state index contributed by atoms with van der Waals surface area (Å²) >= 11 is 1.36. The van der Waals surface area contributed by atoms with Gasteiger partial charge in [0.2, 0.25) is 11.8 Å². The molecule has 0 saturated heterocycles. The van der Waals surface area contributed by atoms with E-state index in [1.165, 1.54) is 26.0 Å². The first kappa shape index (κ1) is 31.5. The quantitative estimate of drug-likeness (QED) is 0.246. The number of ketones is 1. The number of carboxylic acids is 1. The van der Waals surface area contributed by atoms with Gasteiger partial charge in [0.05, 0.1) is 38.9 Å². The van der Waals surface area contributed by atoms with Gasteiger partial charge in [-0.15, -0.1) is 11.8 Å². The third-order valence-electron chi connectivity index (χ3n) is 6.57. The Bertz CT molecular complexity index is 1390. The summed E-state index contributed by atoms with van der Waals surface area (Å²) in [6.45, 7) is 3.51. The molecule has 3 aromatic carbocycles. The molecule has 0 bridgehead atoms. The molecule has 0 radical (unpaired) electrons. The number of hydrogen-bond acceptors (Lipinski definition) is 7.